The minimum Gasteiger partial charge on any atom is -0.336 e. The van der Waals surface area contributed by atoms with Crippen LogP contribution in [-0.2, 0) is 6.54 Å². The molecule has 0 saturated heterocycles. The van der Waals surface area contributed by atoms with Crippen LogP contribution in [0.4, 0.5) is 0 Å². The lowest BCUT2D eigenvalue weighted by atomic mass is 10.1. The van der Waals surface area contributed by atoms with Crippen molar-refractivity contribution in [3.63, 3.8) is 0 Å². The van der Waals surface area contributed by atoms with E-state index in [-0.39, 0.29) is 17.5 Å². The van der Waals surface area contributed by atoms with Gasteiger partial charge in [0.25, 0.3) is 11.5 Å². The summed E-state index contributed by atoms with van der Waals surface area (Å²) in [5.41, 5.74) is 2.36. The van der Waals surface area contributed by atoms with Gasteiger partial charge in [-0.05, 0) is 38.0 Å². The molecule has 134 valence electrons. The molecule has 0 aliphatic rings. The summed E-state index contributed by atoms with van der Waals surface area (Å²) in [5.74, 6) is -0.196. The molecule has 5 heteroatoms. The van der Waals surface area contributed by atoms with Gasteiger partial charge in [-0.1, -0.05) is 42.5 Å². The number of rotatable bonds is 4. The smallest absolute Gasteiger partial charge is 0.274 e. The van der Waals surface area contributed by atoms with Gasteiger partial charge in [0.2, 0.25) is 0 Å². The molecular formula is C21H23N3O2. The number of carbonyl (C=O) groups is 1. The van der Waals surface area contributed by atoms with Crippen LogP contribution in [0.2, 0.25) is 0 Å². The predicted octanol–water partition coefficient (Wildman–Crippen LogP) is 3.56. The number of carbonyl (C=O) groups excluding carboxylic acids is 1. The molecule has 1 amide bonds. The van der Waals surface area contributed by atoms with E-state index >= 15 is 0 Å². The molecule has 1 heterocycles. The molecule has 5 nitrogen and oxygen atoms in total. The highest BCUT2D eigenvalue weighted by atomic mass is 16.2. The van der Waals surface area contributed by atoms with Crippen LogP contribution >= 0.6 is 0 Å². The first-order valence-corrected chi connectivity index (χ1v) is 8.71. The van der Waals surface area contributed by atoms with Gasteiger partial charge < -0.3 is 4.90 Å². The molecule has 0 aliphatic heterocycles. The van der Waals surface area contributed by atoms with Crippen molar-refractivity contribution in [1.29, 1.82) is 0 Å². The third-order valence-corrected chi connectivity index (χ3v) is 4.54. The monoisotopic (exact) mass is 349 g/mol. The summed E-state index contributed by atoms with van der Waals surface area (Å²) in [5, 5.41) is 5.51. The van der Waals surface area contributed by atoms with Crippen molar-refractivity contribution in [1.82, 2.24) is 14.7 Å². The molecule has 2 aromatic carbocycles. The second-order valence-corrected chi connectivity index (χ2v) is 6.83. The van der Waals surface area contributed by atoms with Crippen LogP contribution in [0.15, 0.2) is 53.3 Å². The first-order chi connectivity index (χ1) is 12.4. The van der Waals surface area contributed by atoms with Gasteiger partial charge in [-0.3, -0.25) is 9.59 Å². The average Bonchev–Trinajstić information content (AvgIpc) is 2.63. The second kappa shape index (κ2) is 7.12. The Morgan fingerprint density at radius 2 is 1.69 bits per heavy atom. The van der Waals surface area contributed by atoms with Crippen molar-refractivity contribution >= 4 is 16.7 Å². The van der Waals surface area contributed by atoms with Crippen LogP contribution in [0.3, 0.4) is 0 Å². The molecule has 0 atom stereocenters. The standard InChI is InChI=1S/C21H23N3O2/c1-14(2)24-20(25)18-12-8-7-11-17(18)19(22-24)21(26)23(4)13-16-10-6-5-9-15(16)3/h5-12,14H,13H2,1-4H3. The third kappa shape index (κ3) is 3.25. The maximum atomic E-state index is 13.1. The molecule has 26 heavy (non-hydrogen) atoms. The van der Waals surface area contributed by atoms with Crippen molar-refractivity contribution < 1.29 is 4.79 Å². The fraction of sp³-hybridized carbons (Fsp3) is 0.286. The Labute approximate surface area is 152 Å². The van der Waals surface area contributed by atoms with Crippen LogP contribution in [0.25, 0.3) is 10.8 Å². The first kappa shape index (κ1) is 17.9. The van der Waals surface area contributed by atoms with E-state index in [0.29, 0.717) is 23.0 Å². The van der Waals surface area contributed by atoms with E-state index < -0.39 is 0 Å². The zero-order valence-corrected chi connectivity index (χ0v) is 15.6. The average molecular weight is 349 g/mol. The summed E-state index contributed by atoms with van der Waals surface area (Å²) in [6, 6.07) is 15.0. The van der Waals surface area contributed by atoms with Gasteiger partial charge in [0.05, 0.1) is 11.4 Å². The van der Waals surface area contributed by atoms with Gasteiger partial charge in [-0.2, -0.15) is 5.10 Å². The number of hydrogen-bond donors (Lipinski definition) is 0. The normalized spacial score (nSPS) is 11.1. The molecule has 0 unspecified atom stereocenters. The van der Waals surface area contributed by atoms with E-state index in [9.17, 15) is 9.59 Å². The Kier molecular flexibility index (Phi) is 4.89. The number of amides is 1. The maximum absolute atomic E-state index is 13.1. The van der Waals surface area contributed by atoms with Crippen LogP contribution in [0.5, 0.6) is 0 Å². The fourth-order valence-electron chi connectivity index (χ4n) is 3.01. The summed E-state index contributed by atoms with van der Waals surface area (Å²) in [7, 11) is 1.76. The van der Waals surface area contributed by atoms with Gasteiger partial charge in [0, 0.05) is 19.0 Å². The quantitative estimate of drug-likeness (QED) is 0.724. The van der Waals surface area contributed by atoms with Gasteiger partial charge >= 0.3 is 0 Å². The number of hydrogen-bond acceptors (Lipinski definition) is 3. The highest BCUT2D eigenvalue weighted by Crippen LogP contribution is 2.18. The molecule has 3 rings (SSSR count). The second-order valence-electron chi connectivity index (χ2n) is 6.83. The highest BCUT2D eigenvalue weighted by molar-refractivity contribution is 6.04. The van der Waals surface area contributed by atoms with E-state index in [0.717, 1.165) is 11.1 Å². The van der Waals surface area contributed by atoms with E-state index in [1.54, 1.807) is 30.1 Å². The van der Waals surface area contributed by atoms with Crippen LogP contribution in [0, 0.1) is 6.92 Å². The molecule has 0 bridgehead atoms. The first-order valence-electron chi connectivity index (χ1n) is 8.71. The van der Waals surface area contributed by atoms with Crippen molar-refractivity contribution in [3.8, 4) is 0 Å². The summed E-state index contributed by atoms with van der Waals surface area (Å²) in [4.78, 5) is 27.4. The molecule has 0 aliphatic carbocycles. The molecule has 3 aromatic rings. The van der Waals surface area contributed by atoms with E-state index in [1.165, 1.54) is 4.68 Å². The van der Waals surface area contributed by atoms with Crippen molar-refractivity contribution in [2.24, 2.45) is 0 Å². The topological polar surface area (TPSA) is 55.2 Å². The predicted molar refractivity (Wildman–Crippen MR) is 103 cm³/mol. The van der Waals surface area contributed by atoms with Crippen LogP contribution < -0.4 is 5.56 Å². The van der Waals surface area contributed by atoms with Gasteiger partial charge in [-0.15, -0.1) is 0 Å². The lowest BCUT2D eigenvalue weighted by Crippen LogP contribution is -2.32. The number of aromatic nitrogens is 2. The number of fused-ring (bicyclic) bond motifs is 1. The zero-order valence-electron chi connectivity index (χ0n) is 15.6. The van der Waals surface area contributed by atoms with Gasteiger partial charge in [0.1, 0.15) is 0 Å². The largest absolute Gasteiger partial charge is 0.336 e. The third-order valence-electron chi connectivity index (χ3n) is 4.54. The molecule has 0 saturated carbocycles. The van der Waals surface area contributed by atoms with E-state index in [2.05, 4.69) is 5.10 Å². The number of benzene rings is 2. The molecule has 0 radical (unpaired) electrons. The minimum atomic E-state index is -0.196. The molecule has 0 spiro atoms. The summed E-state index contributed by atoms with van der Waals surface area (Å²) >= 11 is 0. The van der Waals surface area contributed by atoms with Crippen molar-refractivity contribution in [3.05, 3.63) is 75.7 Å². The molecule has 0 fully saturated rings. The lowest BCUT2D eigenvalue weighted by Gasteiger charge is -2.20. The fourth-order valence-corrected chi connectivity index (χ4v) is 3.01. The van der Waals surface area contributed by atoms with Gasteiger partial charge in [0.15, 0.2) is 5.69 Å². The Morgan fingerprint density at radius 3 is 2.35 bits per heavy atom. The maximum Gasteiger partial charge on any atom is 0.274 e. The van der Waals surface area contributed by atoms with Crippen molar-refractivity contribution in [2.75, 3.05) is 7.05 Å². The Bertz CT molecular complexity index is 1020. The Hall–Kier alpha value is -2.95. The SMILES string of the molecule is Cc1ccccc1CN(C)C(=O)c1nn(C(C)C)c(=O)c2ccccc12. The summed E-state index contributed by atoms with van der Waals surface area (Å²) in [6.07, 6.45) is 0. The Balaban J connectivity index is 2.06. The summed E-state index contributed by atoms with van der Waals surface area (Å²) in [6.45, 7) is 6.28. The number of nitrogens with zero attached hydrogens (tertiary/aromatic N) is 3. The van der Waals surface area contributed by atoms with Crippen molar-refractivity contribution in [2.45, 2.75) is 33.4 Å². The molecule has 1 aromatic heterocycles. The zero-order chi connectivity index (χ0) is 18.8. The summed E-state index contributed by atoms with van der Waals surface area (Å²) < 4.78 is 1.39. The molecular weight excluding hydrogens is 326 g/mol. The minimum absolute atomic E-state index is 0.125. The lowest BCUT2D eigenvalue weighted by molar-refractivity contribution is 0.0778. The van der Waals surface area contributed by atoms with Gasteiger partial charge in [-0.25, -0.2) is 4.68 Å². The number of aryl methyl sites for hydroxylation is 1. The van der Waals surface area contributed by atoms with Crippen LogP contribution in [0.1, 0.15) is 41.5 Å². The van der Waals surface area contributed by atoms with Crippen LogP contribution in [-0.4, -0.2) is 27.6 Å². The van der Waals surface area contributed by atoms with E-state index in [1.807, 2.05) is 51.1 Å². The Morgan fingerprint density at radius 1 is 1.08 bits per heavy atom. The highest BCUT2D eigenvalue weighted by Gasteiger charge is 2.21. The molecule has 0 N–H and O–H groups in total. The van der Waals surface area contributed by atoms with E-state index in [4.69, 9.17) is 0 Å².